The molecular formula is C10H19F3N2O2. The number of alkyl halides is 3. The van der Waals surface area contributed by atoms with E-state index < -0.39 is 30.3 Å². The summed E-state index contributed by atoms with van der Waals surface area (Å²) in [6.07, 6.45) is -5.45. The maximum absolute atomic E-state index is 12.4. The van der Waals surface area contributed by atoms with E-state index in [-0.39, 0.29) is 13.0 Å². The van der Waals surface area contributed by atoms with Crippen LogP contribution < -0.4 is 11.1 Å². The Labute approximate surface area is 98.7 Å². The Hall–Kier alpha value is -0.980. The Morgan fingerprint density at radius 2 is 1.88 bits per heavy atom. The third-order valence-electron chi connectivity index (χ3n) is 1.87. The van der Waals surface area contributed by atoms with E-state index in [4.69, 9.17) is 10.5 Å². The highest BCUT2D eigenvalue weighted by Crippen LogP contribution is 2.27. The van der Waals surface area contributed by atoms with E-state index >= 15 is 0 Å². The summed E-state index contributed by atoms with van der Waals surface area (Å²) < 4.78 is 42.2. The second kappa shape index (κ2) is 6.09. The molecule has 3 N–H and O–H groups in total. The quantitative estimate of drug-likeness (QED) is 0.809. The van der Waals surface area contributed by atoms with E-state index in [9.17, 15) is 18.0 Å². The molecule has 0 aromatic heterocycles. The van der Waals surface area contributed by atoms with E-state index in [2.05, 4.69) is 5.32 Å². The summed E-state index contributed by atoms with van der Waals surface area (Å²) in [5, 5.41) is 2.09. The average Bonchev–Trinajstić information content (AvgIpc) is 2.07. The smallest absolute Gasteiger partial charge is 0.407 e. The highest BCUT2D eigenvalue weighted by molar-refractivity contribution is 5.67. The molecule has 0 rings (SSSR count). The number of carbonyl (C=O) groups excluding carboxylic acids is 1. The number of carbonyl (C=O) groups is 1. The van der Waals surface area contributed by atoms with Gasteiger partial charge in [-0.05, 0) is 33.7 Å². The number of rotatable bonds is 4. The molecule has 0 aliphatic rings. The highest BCUT2D eigenvalue weighted by Gasteiger charge is 2.39. The van der Waals surface area contributed by atoms with Crippen LogP contribution in [-0.4, -0.2) is 31.0 Å². The Morgan fingerprint density at radius 3 is 2.24 bits per heavy atom. The van der Waals surface area contributed by atoms with Crippen LogP contribution in [0.15, 0.2) is 0 Å². The molecular weight excluding hydrogens is 237 g/mol. The van der Waals surface area contributed by atoms with Crippen molar-refractivity contribution in [3.05, 3.63) is 0 Å². The van der Waals surface area contributed by atoms with Crippen molar-refractivity contribution in [2.24, 2.45) is 11.7 Å². The molecule has 0 aliphatic heterocycles. The van der Waals surface area contributed by atoms with Gasteiger partial charge in [0.15, 0.2) is 0 Å². The zero-order valence-electron chi connectivity index (χ0n) is 10.2. The summed E-state index contributed by atoms with van der Waals surface area (Å²) in [5.41, 5.74) is 4.36. The maximum atomic E-state index is 12.4. The van der Waals surface area contributed by atoms with Crippen molar-refractivity contribution in [2.45, 2.75) is 39.0 Å². The van der Waals surface area contributed by atoms with Crippen LogP contribution in [0.1, 0.15) is 27.2 Å². The number of nitrogens with one attached hydrogen (secondary N) is 1. The van der Waals surface area contributed by atoms with Gasteiger partial charge in [-0.25, -0.2) is 4.79 Å². The van der Waals surface area contributed by atoms with Gasteiger partial charge in [0.1, 0.15) is 5.60 Å². The number of amides is 1. The van der Waals surface area contributed by atoms with Crippen molar-refractivity contribution in [1.82, 2.24) is 5.32 Å². The van der Waals surface area contributed by atoms with Crippen molar-refractivity contribution >= 4 is 6.09 Å². The second-order valence-electron chi connectivity index (χ2n) is 4.70. The lowest BCUT2D eigenvalue weighted by Gasteiger charge is -2.23. The fraction of sp³-hybridized carbons (Fsp3) is 0.900. The van der Waals surface area contributed by atoms with Gasteiger partial charge in [0.05, 0.1) is 5.92 Å². The van der Waals surface area contributed by atoms with Gasteiger partial charge in [0.2, 0.25) is 0 Å². The monoisotopic (exact) mass is 256 g/mol. The zero-order valence-corrected chi connectivity index (χ0v) is 10.2. The molecule has 0 aromatic rings. The largest absolute Gasteiger partial charge is 0.444 e. The summed E-state index contributed by atoms with van der Waals surface area (Å²) >= 11 is 0. The molecule has 0 saturated carbocycles. The van der Waals surface area contributed by atoms with E-state index in [1.54, 1.807) is 20.8 Å². The second-order valence-corrected chi connectivity index (χ2v) is 4.70. The molecule has 0 spiro atoms. The zero-order chi connectivity index (χ0) is 13.7. The minimum absolute atomic E-state index is 0.0832. The molecule has 1 amide bonds. The molecule has 102 valence electrons. The third-order valence-corrected chi connectivity index (χ3v) is 1.87. The van der Waals surface area contributed by atoms with Gasteiger partial charge < -0.3 is 15.8 Å². The predicted octanol–water partition coefficient (Wildman–Crippen LogP) is 2.04. The minimum Gasteiger partial charge on any atom is -0.444 e. The fourth-order valence-electron chi connectivity index (χ4n) is 1.10. The van der Waals surface area contributed by atoms with Crippen LogP contribution in [0.2, 0.25) is 0 Å². The Kier molecular flexibility index (Phi) is 5.74. The number of alkyl carbamates (subject to hydrolysis) is 1. The van der Waals surface area contributed by atoms with Crippen LogP contribution in [-0.2, 0) is 4.74 Å². The van der Waals surface area contributed by atoms with E-state index in [1.807, 2.05) is 0 Å². The number of nitrogens with two attached hydrogens (primary N) is 1. The standard InChI is InChI=1S/C10H19F3N2O2/c1-9(2,3)17-8(16)15-6-7(4-5-14)10(11,12)13/h7H,4-6,14H2,1-3H3,(H,15,16)/t7-/m0/s1. The summed E-state index contributed by atoms with van der Waals surface area (Å²) in [6.45, 7) is 4.30. The van der Waals surface area contributed by atoms with E-state index in [0.29, 0.717) is 0 Å². The van der Waals surface area contributed by atoms with Crippen molar-refractivity contribution in [1.29, 1.82) is 0 Å². The SMILES string of the molecule is CC(C)(C)OC(=O)NC[C@H](CCN)C(F)(F)F. The van der Waals surface area contributed by atoms with Crippen LogP contribution in [0.3, 0.4) is 0 Å². The molecule has 4 nitrogen and oxygen atoms in total. The van der Waals surface area contributed by atoms with Crippen LogP contribution in [0.25, 0.3) is 0 Å². The van der Waals surface area contributed by atoms with Gasteiger partial charge in [-0.1, -0.05) is 0 Å². The Balaban J connectivity index is 4.18. The Morgan fingerprint density at radius 1 is 1.35 bits per heavy atom. The summed E-state index contributed by atoms with van der Waals surface area (Å²) in [5.74, 6) is -1.64. The normalized spacial score (nSPS) is 14.3. The van der Waals surface area contributed by atoms with Gasteiger partial charge in [-0.3, -0.25) is 0 Å². The highest BCUT2D eigenvalue weighted by atomic mass is 19.4. The minimum atomic E-state index is -4.37. The van der Waals surface area contributed by atoms with Crippen LogP contribution in [0, 0.1) is 5.92 Å². The van der Waals surface area contributed by atoms with Crippen molar-refractivity contribution in [3.8, 4) is 0 Å². The van der Waals surface area contributed by atoms with Crippen molar-refractivity contribution < 1.29 is 22.7 Å². The number of hydrogen-bond acceptors (Lipinski definition) is 3. The van der Waals surface area contributed by atoms with Gasteiger partial charge >= 0.3 is 12.3 Å². The van der Waals surface area contributed by atoms with Gasteiger partial charge in [0.25, 0.3) is 0 Å². The molecule has 1 atom stereocenters. The first-order chi connectivity index (χ1) is 7.56. The molecule has 0 heterocycles. The van der Waals surface area contributed by atoms with Gasteiger partial charge in [0, 0.05) is 6.54 Å². The predicted molar refractivity (Wildman–Crippen MR) is 57.5 cm³/mol. The molecule has 0 radical (unpaired) electrons. The molecule has 0 bridgehead atoms. The van der Waals surface area contributed by atoms with E-state index in [1.165, 1.54) is 0 Å². The first-order valence-electron chi connectivity index (χ1n) is 5.30. The third kappa shape index (κ3) is 7.84. The van der Waals surface area contributed by atoms with E-state index in [0.717, 1.165) is 0 Å². The number of ether oxygens (including phenoxy) is 1. The summed E-state index contributed by atoms with van der Waals surface area (Å²) in [7, 11) is 0. The first-order valence-corrected chi connectivity index (χ1v) is 5.30. The lowest BCUT2D eigenvalue weighted by atomic mass is 10.1. The molecule has 0 saturated heterocycles. The lowest BCUT2D eigenvalue weighted by Crippen LogP contribution is -2.40. The molecule has 0 aliphatic carbocycles. The fourth-order valence-corrected chi connectivity index (χ4v) is 1.10. The lowest BCUT2D eigenvalue weighted by molar-refractivity contribution is -0.174. The summed E-state index contributed by atoms with van der Waals surface area (Å²) in [6, 6.07) is 0. The number of halogens is 3. The topological polar surface area (TPSA) is 64.3 Å². The van der Waals surface area contributed by atoms with Gasteiger partial charge in [-0.15, -0.1) is 0 Å². The van der Waals surface area contributed by atoms with Crippen LogP contribution >= 0.6 is 0 Å². The summed E-state index contributed by atoms with van der Waals surface area (Å²) in [4.78, 5) is 11.2. The average molecular weight is 256 g/mol. The van der Waals surface area contributed by atoms with Crippen LogP contribution in [0.5, 0.6) is 0 Å². The Bertz CT molecular complexity index is 249. The van der Waals surface area contributed by atoms with Crippen molar-refractivity contribution in [3.63, 3.8) is 0 Å². The molecule has 0 fully saturated rings. The number of hydrogen-bond donors (Lipinski definition) is 2. The van der Waals surface area contributed by atoms with Gasteiger partial charge in [-0.2, -0.15) is 13.2 Å². The molecule has 17 heavy (non-hydrogen) atoms. The van der Waals surface area contributed by atoms with Crippen LogP contribution in [0.4, 0.5) is 18.0 Å². The maximum Gasteiger partial charge on any atom is 0.407 e. The molecule has 0 unspecified atom stereocenters. The van der Waals surface area contributed by atoms with Crippen molar-refractivity contribution in [2.75, 3.05) is 13.1 Å². The molecule has 0 aromatic carbocycles. The first kappa shape index (κ1) is 16.0. The molecule has 7 heteroatoms.